The number of pyridine rings is 1. The van der Waals surface area contributed by atoms with Crippen LogP contribution in [0.1, 0.15) is 24.8 Å². The van der Waals surface area contributed by atoms with E-state index in [0.717, 1.165) is 0 Å². The summed E-state index contributed by atoms with van der Waals surface area (Å²) < 4.78 is 12.7. The van der Waals surface area contributed by atoms with Gasteiger partial charge in [0.15, 0.2) is 0 Å². The summed E-state index contributed by atoms with van der Waals surface area (Å²) in [5, 5.41) is 18.6. The van der Waals surface area contributed by atoms with Crippen LogP contribution >= 0.6 is 0 Å². The lowest BCUT2D eigenvalue weighted by Crippen LogP contribution is -2.26. The molecule has 0 aromatic carbocycles. The Labute approximate surface area is 92.9 Å². The summed E-state index contributed by atoms with van der Waals surface area (Å²) in [6, 6.07) is 5.10. The monoisotopic (exact) mass is 218 g/mol. The molecule has 1 N–H and O–H groups in total. The highest BCUT2D eigenvalue weighted by Crippen LogP contribution is 2.37. The summed E-state index contributed by atoms with van der Waals surface area (Å²) in [5.74, 6) is -0.230. The van der Waals surface area contributed by atoms with Crippen molar-refractivity contribution in [1.82, 2.24) is 4.98 Å². The fourth-order valence-electron chi connectivity index (χ4n) is 1.92. The Bertz CT molecular complexity index is 461. The van der Waals surface area contributed by atoms with E-state index in [1.54, 1.807) is 12.1 Å². The van der Waals surface area contributed by atoms with E-state index in [-0.39, 0.29) is 0 Å². The van der Waals surface area contributed by atoms with Crippen molar-refractivity contribution < 1.29 is 9.50 Å². The highest BCUT2D eigenvalue weighted by Gasteiger charge is 2.34. The highest BCUT2D eigenvalue weighted by atomic mass is 19.1. The Hall–Kier alpha value is -1.89. The van der Waals surface area contributed by atoms with Crippen LogP contribution in [-0.2, 0) is 5.41 Å². The molecule has 0 bridgehead atoms. The van der Waals surface area contributed by atoms with Crippen molar-refractivity contribution >= 4 is 0 Å². The van der Waals surface area contributed by atoms with Gasteiger partial charge in [-0.25, -0.2) is 4.98 Å². The number of nitriles is 1. The van der Waals surface area contributed by atoms with Crippen molar-refractivity contribution in [1.29, 1.82) is 5.26 Å². The molecule has 0 aliphatic heterocycles. The van der Waals surface area contributed by atoms with Crippen LogP contribution in [-0.4, -0.2) is 10.1 Å². The van der Waals surface area contributed by atoms with E-state index >= 15 is 0 Å². The second-order valence-electron chi connectivity index (χ2n) is 3.96. The summed E-state index contributed by atoms with van der Waals surface area (Å²) in [5.41, 5.74) is 0.0348. The third-order valence-corrected chi connectivity index (χ3v) is 2.99. The molecule has 0 fully saturated rings. The first-order chi connectivity index (χ1) is 7.66. The Balaban J connectivity index is 2.37. The zero-order chi connectivity index (χ0) is 11.6. The van der Waals surface area contributed by atoms with Gasteiger partial charge in [0, 0.05) is 12.6 Å². The van der Waals surface area contributed by atoms with Gasteiger partial charge in [0.2, 0.25) is 5.95 Å². The highest BCUT2D eigenvalue weighted by molar-refractivity contribution is 5.33. The van der Waals surface area contributed by atoms with E-state index in [1.807, 2.05) is 0 Å². The standard InChI is InChI=1S/C12H11FN2O/c13-11-2-1-9(7-15-11)12(8-14)5-3-10(16)4-6-12/h1-3,7,16H,4-6H2. The van der Waals surface area contributed by atoms with Gasteiger partial charge in [0.25, 0.3) is 0 Å². The quantitative estimate of drug-likeness (QED) is 0.737. The molecule has 0 spiro atoms. The number of aliphatic hydroxyl groups is 1. The number of rotatable bonds is 1. The Kier molecular flexibility index (Phi) is 2.61. The van der Waals surface area contributed by atoms with Crippen LogP contribution in [0.25, 0.3) is 0 Å². The van der Waals surface area contributed by atoms with Crippen molar-refractivity contribution in [3.05, 3.63) is 41.7 Å². The minimum Gasteiger partial charge on any atom is -0.513 e. The average Bonchev–Trinajstić information content (AvgIpc) is 2.32. The second-order valence-corrected chi connectivity index (χ2v) is 3.96. The molecule has 0 saturated carbocycles. The van der Waals surface area contributed by atoms with Crippen LogP contribution < -0.4 is 0 Å². The maximum Gasteiger partial charge on any atom is 0.212 e. The summed E-state index contributed by atoms with van der Waals surface area (Å²) in [6.07, 6.45) is 4.51. The molecule has 1 aliphatic rings. The SMILES string of the molecule is N#CC1(c2ccc(F)nc2)CC=C(O)CC1. The number of aromatic nitrogens is 1. The molecule has 82 valence electrons. The maximum absolute atomic E-state index is 12.7. The molecule has 1 aromatic heterocycles. The lowest BCUT2D eigenvalue weighted by atomic mass is 9.73. The average molecular weight is 218 g/mol. The molecule has 0 amide bonds. The van der Waals surface area contributed by atoms with Crippen molar-refractivity contribution in [3.8, 4) is 6.07 Å². The van der Waals surface area contributed by atoms with E-state index in [0.29, 0.717) is 30.6 Å². The number of hydrogen-bond acceptors (Lipinski definition) is 3. The van der Waals surface area contributed by atoms with Crippen LogP contribution in [0.15, 0.2) is 30.2 Å². The van der Waals surface area contributed by atoms with Crippen molar-refractivity contribution in [2.75, 3.05) is 0 Å². The van der Waals surface area contributed by atoms with Crippen LogP contribution in [0.4, 0.5) is 4.39 Å². The Morgan fingerprint density at radius 2 is 2.31 bits per heavy atom. The van der Waals surface area contributed by atoms with Crippen molar-refractivity contribution in [3.63, 3.8) is 0 Å². The summed E-state index contributed by atoms with van der Waals surface area (Å²) >= 11 is 0. The molecular weight excluding hydrogens is 207 g/mol. The Morgan fingerprint density at radius 1 is 1.50 bits per heavy atom. The molecule has 1 aromatic rings. The van der Waals surface area contributed by atoms with Crippen molar-refractivity contribution in [2.24, 2.45) is 0 Å². The van der Waals surface area contributed by atoms with Gasteiger partial charge in [-0.1, -0.05) is 6.07 Å². The van der Waals surface area contributed by atoms with Gasteiger partial charge >= 0.3 is 0 Å². The smallest absolute Gasteiger partial charge is 0.212 e. The molecule has 3 nitrogen and oxygen atoms in total. The van der Waals surface area contributed by atoms with Gasteiger partial charge < -0.3 is 5.11 Å². The molecule has 16 heavy (non-hydrogen) atoms. The molecule has 0 saturated heterocycles. The van der Waals surface area contributed by atoms with Crippen molar-refractivity contribution in [2.45, 2.75) is 24.7 Å². The number of allylic oxidation sites excluding steroid dienone is 2. The molecule has 1 atom stereocenters. The molecule has 4 heteroatoms. The molecular formula is C12H11FN2O. The zero-order valence-corrected chi connectivity index (χ0v) is 8.65. The molecule has 1 unspecified atom stereocenters. The second kappa shape index (κ2) is 3.93. The minimum atomic E-state index is -0.674. The van der Waals surface area contributed by atoms with Crippen LogP contribution in [0.3, 0.4) is 0 Å². The number of aliphatic hydroxyl groups excluding tert-OH is 1. The van der Waals surface area contributed by atoms with Gasteiger partial charge in [-0.05, 0) is 30.5 Å². The molecule has 1 heterocycles. The van der Waals surface area contributed by atoms with Crippen LogP contribution in [0.5, 0.6) is 0 Å². The molecule has 2 rings (SSSR count). The van der Waals surface area contributed by atoms with Gasteiger partial charge in [-0.2, -0.15) is 9.65 Å². The first kappa shape index (κ1) is 10.6. The van der Waals surface area contributed by atoms with Gasteiger partial charge in [-0.3, -0.25) is 0 Å². The largest absolute Gasteiger partial charge is 0.513 e. The van der Waals surface area contributed by atoms with E-state index in [9.17, 15) is 14.8 Å². The van der Waals surface area contributed by atoms with Crippen LogP contribution in [0, 0.1) is 17.3 Å². The van der Waals surface area contributed by atoms with E-state index in [2.05, 4.69) is 11.1 Å². The fourth-order valence-corrected chi connectivity index (χ4v) is 1.92. The predicted molar refractivity (Wildman–Crippen MR) is 56.0 cm³/mol. The number of nitrogens with zero attached hydrogens (tertiary/aromatic N) is 2. The molecule has 0 radical (unpaired) electrons. The zero-order valence-electron chi connectivity index (χ0n) is 8.65. The summed E-state index contributed by atoms with van der Waals surface area (Å²) in [4.78, 5) is 3.57. The normalized spacial score (nSPS) is 24.6. The van der Waals surface area contributed by atoms with Crippen LogP contribution in [0.2, 0.25) is 0 Å². The van der Waals surface area contributed by atoms with E-state index < -0.39 is 11.4 Å². The third kappa shape index (κ3) is 1.76. The van der Waals surface area contributed by atoms with Gasteiger partial charge in [0.05, 0.1) is 17.2 Å². The minimum absolute atomic E-state index is 0.320. The lowest BCUT2D eigenvalue weighted by molar-refractivity contribution is 0.337. The third-order valence-electron chi connectivity index (χ3n) is 2.99. The fraction of sp³-hybridized carbons (Fsp3) is 0.333. The predicted octanol–water partition coefficient (Wildman–Crippen LogP) is 2.61. The lowest BCUT2D eigenvalue weighted by Gasteiger charge is -2.28. The Morgan fingerprint density at radius 3 is 2.81 bits per heavy atom. The first-order valence-electron chi connectivity index (χ1n) is 5.07. The van der Waals surface area contributed by atoms with Gasteiger partial charge in [0.1, 0.15) is 0 Å². The van der Waals surface area contributed by atoms with E-state index in [1.165, 1.54) is 12.3 Å². The number of hydrogen-bond donors (Lipinski definition) is 1. The van der Waals surface area contributed by atoms with Gasteiger partial charge in [-0.15, -0.1) is 0 Å². The number of halogens is 1. The molecule has 1 aliphatic carbocycles. The summed E-state index contributed by atoms with van der Waals surface area (Å²) in [6.45, 7) is 0. The maximum atomic E-state index is 12.7. The summed E-state index contributed by atoms with van der Waals surface area (Å²) in [7, 11) is 0. The first-order valence-corrected chi connectivity index (χ1v) is 5.07. The van der Waals surface area contributed by atoms with E-state index in [4.69, 9.17) is 0 Å². The topological polar surface area (TPSA) is 56.9 Å².